The van der Waals surface area contributed by atoms with Crippen LogP contribution in [0.1, 0.15) is 22.4 Å². The standard InChI is InChI=1S/C24H22IN5O/c1-14-6-3-4-9-19(14)30-17(12-16-8-5-7-15(2)20(16)24(30)31)13-29-18-10-11-28-23(27)21(18)22(25)26/h3-12,26H,13H2,1-2H3,(H3,27,28,29). The van der Waals surface area contributed by atoms with Crippen molar-refractivity contribution >= 4 is 48.6 Å². The van der Waals surface area contributed by atoms with Gasteiger partial charge in [0.05, 0.1) is 23.2 Å². The second-order valence-electron chi connectivity index (χ2n) is 7.39. The van der Waals surface area contributed by atoms with Gasteiger partial charge in [-0.25, -0.2) is 4.98 Å². The van der Waals surface area contributed by atoms with Gasteiger partial charge in [0.1, 0.15) is 9.54 Å². The zero-order chi connectivity index (χ0) is 22.1. The third-order valence-corrected chi connectivity index (χ3v) is 5.89. The van der Waals surface area contributed by atoms with Crippen LogP contribution in [0.2, 0.25) is 0 Å². The molecule has 0 aliphatic carbocycles. The van der Waals surface area contributed by atoms with Gasteiger partial charge in [-0.05, 0) is 71.2 Å². The number of para-hydroxylation sites is 1. The van der Waals surface area contributed by atoms with Crippen LogP contribution in [-0.2, 0) is 6.54 Å². The molecule has 0 fully saturated rings. The highest BCUT2D eigenvalue weighted by atomic mass is 127. The Labute approximate surface area is 193 Å². The molecule has 0 saturated heterocycles. The number of nitrogens with one attached hydrogen (secondary N) is 2. The Hall–Kier alpha value is -3.20. The van der Waals surface area contributed by atoms with Crippen molar-refractivity contribution in [1.82, 2.24) is 9.55 Å². The van der Waals surface area contributed by atoms with Gasteiger partial charge in [-0.3, -0.25) is 14.8 Å². The molecular weight excluding hydrogens is 501 g/mol. The summed E-state index contributed by atoms with van der Waals surface area (Å²) in [6, 6.07) is 17.6. The zero-order valence-corrected chi connectivity index (χ0v) is 19.4. The molecule has 156 valence electrons. The molecule has 2 heterocycles. The van der Waals surface area contributed by atoms with Crippen molar-refractivity contribution in [2.24, 2.45) is 0 Å². The van der Waals surface area contributed by atoms with Crippen LogP contribution in [0.4, 0.5) is 11.5 Å². The van der Waals surface area contributed by atoms with Crippen molar-refractivity contribution in [3.05, 3.63) is 93.5 Å². The van der Waals surface area contributed by atoms with Crippen LogP contribution in [-0.4, -0.2) is 13.3 Å². The van der Waals surface area contributed by atoms with Gasteiger partial charge in [0.15, 0.2) is 0 Å². The predicted octanol–water partition coefficient (Wildman–Crippen LogP) is 4.96. The predicted molar refractivity (Wildman–Crippen MR) is 136 cm³/mol. The lowest BCUT2D eigenvalue weighted by Crippen LogP contribution is -2.25. The van der Waals surface area contributed by atoms with Crippen molar-refractivity contribution in [2.45, 2.75) is 20.4 Å². The van der Waals surface area contributed by atoms with E-state index in [1.807, 2.05) is 85.0 Å². The van der Waals surface area contributed by atoms with E-state index in [2.05, 4.69) is 10.3 Å². The Kier molecular flexibility index (Phi) is 5.77. The van der Waals surface area contributed by atoms with Crippen molar-refractivity contribution < 1.29 is 0 Å². The van der Waals surface area contributed by atoms with E-state index in [4.69, 9.17) is 11.1 Å². The largest absolute Gasteiger partial charge is 0.383 e. The Morgan fingerprint density at radius 2 is 1.87 bits per heavy atom. The molecule has 4 N–H and O–H groups in total. The van der Waals surface area contributed by atoms with Gasteiger partial charge >= 0.3 is 0 Å². The number of halogens is 1. The monoisotopic (exact) mass is 523 g/mol. The molecular formula is C24H22IN5O. The number of pyridine rings is 2. The van der Waals surface area contributed by atoms with Crippen LogP contribution in [0.3, 0.4) is 0 Å². The van der Waals surface area contributed by atoms with Gasteiger partial charge in [-0.2, -0.15) is 0 Å². The van der Waals surface area contributed by atoms with E-state index in [1.54, 1.807) is 16.8 Å². The van der Waals surface area contributed by atoms with E-state index in [-0.39, 0.29) is 5.56 Å². The SMILES string of the molecule is Cc1ccccc1-n1c(CNc2ccnc(N)c2C(=N)I)cc2cccc(C)c2c1=O. The molecule has 2 aromatic carbocycles. The number of hydrogen-bond donors (Lipinski definition) is 3. The van der Waals surface area contributed by atoms with Gasteiger partial charge in [0.2, 0.25) is 0 Å². The molecule has 7 heteroatoms. The summed E-state index contributed by atoms with van der Waals surface area (Å²) in [6.45, 7) is 4.34. The Bertz CT molecular complexity index is 1380. The lowest BCUT2D eigenvalue weighted by molar-refractivity contribution is 0.887. The summed E-state index contributed by atoms with van der Waals surface area (Å²) in [5.41, 5.74) is 10.9. The maximum Gasteiger partial charge on any atom is 0.263 e. The summed E-state index contributed by atoms with van der Waals surface area (Å²) in [4.78, 5) is 17.7. The minimum absolute atomic E-state index is 0.0437. The van der Waals surface area contributed by atoms with E-state index >= 15 is 0 Å². The number of rotatable bonds is 5. The summed E-state index contributed by atoms with van der Waals surface area (Å²) in [6.07, 6.45) is 1.61. The minimum Gasteiger partial charge on any atom is -0.383 e. The molecule has 0 aliphatic rings. The topological polar surface area (TPSA) is 96.8 Å². The average molecular weight is 523 g/mol. The molecule has 0 radical (unpaired) electrons. The van der Waals surface area contributed by atoms with Gasteiger partial charge < -0.3 is 11.1 Å². The molecule has 0 unspecified atom stereocenters. The third kappa shape index (κ3) is 3.93. The molecule has 2 aromatic heterocycles. The minimum atomic E-state index is -0.0437. The summed E-state index contributed by atoms with van der Waals surface area (Å²) in [7, 11) is 0. The highest BCUT2D eigenvalue weighted by molar-refractivity contribution is 14.1. The van der Waals surface area contributed by atoms with Gasteiger partial charge in [0, 0.05) is 17.6 Å². The lowest BCUT2D eigenvalue weighted by atomic mass is 10.1. The number of aromatic nitrogens is 2. The first-order chi connectivity index (χ1) is 14.9. The number of benzene rings is 2. The van der Waals surface area contributed by atoms with E-state index in [0.29, 0.717) is 27.3 Å². The lowest BCUT2D eigenvalue weighted by Gasteiger charge is -2.19. The van der Waals surface area contributed by atoms with Gasteiger partial charge in [-0.1, -0.05) is 36.4 Å². The molecule has 4 aromatic rings. The number of hydrogen-bond acceptors (Lipinski definition) is 5. The fourth-order valence-corrected chi connectivity index (χ4v) is 4.41. The Morgan fingerprint density at radius 3 is 2.61 bits per heavy atom. The quantitative estimate of drug-likeness (QED) is 0.255. The number of anilines is 2. The third-order valence-electron chi connectivity index (χ3n) is 5.35. The summed E-state index contributed by atoms with van der Waals surface area (Å²) in [5.74, 6) is 0.301. The highest BCUT2D eigenvalue weighted by Crippen LogP contribution is 2.25. The van der Waals surface area contributed by atoms with Crippen LogP contribution in [0.25, 0.3) is 16.5 Å². The van der Waals surface area contributed by atoms with E-state index < -0.39 is 0 Å². The second kappa shape index (κ2) is 8.50. The van der Waals surface area contributed by atoms with Crippen LogP contribution < -0.4 is 16.6 Å². The molecule has 0 atom stereocenters. The number of aryl methyl sites for hydroxylation is 2. The van der Waals surface area contributed by atoms with Crippen LogP contribution in [0.5, 0.6) is 0 Å². The number of nitrogen functional groups attached to an aromatic ring is 1. The molecule has 0 saturated carbocycles. The molecule has 31 heavy (non-hydrogen) atoms. The Balaban J connectivity index is 1.90. The normalized spacial score (nSPS) is 10.9. The maximum atomic E-state index is 13.6. The molecule has 0 amide bonds. The smallest absolute Gasteiger partial charge is 0.263 e. The first kappa shape index (κ1) is 21.0. The van der Waals surface area contributed by atoms with E-state index in [1.165, 1.54) is 0 Å². The van der Waals surface area contributed by atoms with Crippen LogP contribution in [0, 0.1) is 19.3 Å². The average Bonchev–Trinajstić information content (AvgIpc) is 2.73. The second-order valence-corrected chi connectivity index (χ2v) is 8.47. The molecule has 0 spiro atoms. The van der Waals surface area contributed by atoms with Gasteiger partial charge in [0.25, 0.3) is 5.56 Å². The highest BCUT2D eigenvalue weighted by Gasteiger charge is 2.16. The zero-order valence-electron chi connectivity index (χ0n) is 17.2. The molecule has 0 aliphatic heterocycles. The summed E-state index contributed by atoms with van der Waals surface area (Å²) in [5, 5.41) is 13.0. The molecule has 6 nitrogen and oxygen atoms in total. The fraction of sp³-hybridized carbons (Fsp3) is 0.125. The number of fused-ring (bicyclic) bond motifs is 1. The van der Waals surface area contributed by atoms with Crippen molar-refractivity contribution in [2.75, 3.05) is 11.1 Å². The first-order valence-corrected chi connectivity index (χ1v) is 10.9. The van der Waals surface area contributed by atoms with Crippen LogP contribution in [0.15, 0.2) is 65.6 Å². The molecule has 0 bridgehead atoms. The van der Waals surface area contributed by atoms with E-state index in [9.17, 15) is 4.79 Å². The summed E-state index contributed by atoms with van der Waals surface area (Å²) < 4.78 is 2.08. The van der Waals surface area contributed by atoms with Gasteiger partial charge in [-0.15, -0.1) is 0 Å². The molecule has 4 rings (SSSR count). The summed E-state index contributed by atoms with van der Waals surface area (Å²) >= 11 is 1.92. The fourth-order valence-electron chi connectivity index (χ4n) is 3.84. The number of nitrogens with two attached hydrogens (primary N) is 1. The number of nitrogens with zero attached hydrogens (tertiary/aromatic N) is 2. The first-order valence-electron chi connectivity index (χ1n) is 9.81. The maximum absolute atomic E-state index is 13.6. The Morgan fingerprint density at radius 1 is 1.13 bits per heavy atom. The van der Waals surface area contributed by atoms with Crippen LogP contribution >= 0.6 is 22.6 Å². The van der Waals surface area contributed by atoms with Crippen molar-refractivity contribution in [3.8, 4) is 5.69 Å². The van der Waals surface area contributed by atoms with Crippen molar-refractivity contribution in [3.63, 3.8) is 0 Å². The van der Waals surface area contributed by atoms with E-state index in [0.717, 1.165) is 33.3 Å². The van der Waals surface area contributed by atoms with Crippen molar-refractivity contribution in [1.29, 1.82) is 5.41 Å².